The maximum Gasteiger partial charge on any atom is 0.168 e. The average Bonchev–Trinajstić information content (AvgIpc) is 2.31. The lowest BCUT2D eigenvalue weighted by molar-refractivity contribution is 0.364. The Morgan fingerprint density at radius 1 is 1.25 bits per heavy atom. The van der Waals surface area contributed by atoms with E-state index >= 15 is 0 Å². The lowest BCUT2D eigenvalue weighted by Gasteiger charge is -2.26. The van der Waals surface area contributed by atoms with Gasteiger partial charge in [0.15, 0.2) is 11.6 Å². The third kappa shape index (κ3) is 2.19. The highest BCUT2D eigenvalue weighted by atomic mass is 19.1. The molecule has 16 heavy (non-hydrogen) atoms. The first-order chi connectivity index (χ1) is 7.72. The van der Waals surface area contributed by atoms with Crippen molar-refractivity contribution in [2.75, 3.05) is 7.11 Å². The fraction of sp³-hybridized carbons (Fsp3) is 0.538. The van der Waals surface area contributed by atoms with Gasteiger partial charge in [0.1, 0.15) is 0 Å². The highest BCUT2D eigenvalue weighted by Crippen LogP contribution is 2.35. The fourth-order valence-corrected chi connectivity index (χ4v) is 2.43. The highest BCUT2D eigenvalue weighted by Gasteiger charge is 2.23. The van der Waals surface area contributed by atoms with Crippen LogP contribution in [0.1, 0.15) is 37.2 Å². The molecule has 0 heterocycles. The zero-order valence-corrected chi connectivity index (χ0v) is 9.58. The summed E-state index contributed by atoms with van der Waals surface area (Å²) in [6.07, 6.45) is 3.93. The first-order valence-electron chi connectivity index (χ1n) is 5.80. The van der Waals surface area contributed by atoms with E-state index in [1.807, 2.05) is 12.1 Å². The minimum absolute atomic E-state index is 0.203. The molecule has 1 aliphatic carbocycles. The number of nitrogens with two attached hydrogens (primary N) is 1. The van der Waals surface area contributed by atoms with Crippen LogP contribution in [-0.2, 0) is 0 Å². The van der Waals surface area contributed by atoms with Crippen molar-refractivity contribution in [3.8, 4) is 5.75 Å². The van der Waals surface area contributed by atoms with Gasteiger partial charge in [0.05, 0.1) is 7.11 Å². The maximum atomic E-state index is 14.0. The predicted molar refractivity (Wildman–Crippen MR) is 62.1 cm³/mol. The average molecular weight is 223 g/mol. The summed E-state index contributed by atoms with van der Waals surface area (Å²) in [6, 6.07) is 5.67. The van der Waals surface area contributed by atoms with E-state index in [0.717, 1.165) is 31.2 Å². The lowest BCUT2D eigenvalue weighted by atomic mass is 9.82. The van der Waals surface area contributed by atoms with E-state index in [-0.39, 0.29) is 5.82 Å². The van der Waals surface area contributed by atoms with Crippen molar-refractivity contribution in [3.05, 3.63) is 29.6 Å². The summed E-state index contributed by atoms with van der Waals surface area (Å²) in [5.74, 6) is 0.438. The van der Waals surface area contributed by atoms with Crippen LogP contribution in [0.2, 0.25) is 0 Å². The van der Waals surface area contributed by atoms with Crippen LogP contribution in [0.3, 0.4) is 0 Å². The van der Waals surface area contributed by atoms with Gasteiger partial charge in [-0.2, -0.15) is 0 Å². The van der Waals surface area contributed by atoms with E-state index in [0.29, 0.717) is 17.7 Å². The van der Waals surface area contributed by atoms with Gasteiger partial charge in [-0.25, -0.2) is 4.39 Å². The summed E-state index contributed by atoms with van der Waals surface area (Å²) in [7, 11) is 1.50. The van der Waals surface area contributed by atoms with Crippen LogP contribution in [0, 0.1) is 5.82 Å². The number of halogens is 1. The summed E-state index contributed by atoms with van der Waals surface area (Å²) >= 11 is 0. The van der Waals surface area contributed by atoms with Gasteiger partial charge in [-0.15, -0.1) is 0 Å². The first-order valence-corrected chi connectivity index (χ1v) is 5.80. The molecule has 1 aromatic rings. The van der Waals surface area contributed by atoms with Crippen molar-refractivity contribution in [1.82, 2.24) is 0 Å². The number of rotatable bonds is 2. The number of hydrogen-bond acceptors (Lipinski definition) is 2. The van der Waals surface area contributed by atoms with Gasteiger partial charge >= 0.3 is 0 Å². The van der Waals surface area contributed by atoms with Crippen molar-refractivity contribution in [2.45, 2.75) is 37.6 Å². The van der Waals surface area contributed by atoms with Crippen LogP contribution in [0.25, 0.3) is 0 Å². The van der Waals surface area contributed by atoms with Gasteiger partial charge in [0, 0.05) is 6.04 Å². The first kappa shape index (κ1) is 11.4. The van der Waals surface area contributed by atoms with E-state index in [1.54, 1.807) is 6.07 Å². The van der Waals surface area contributed by atoms with Crippen molar-refractivity contribution < 1.29 is 9.13 Å². The SMILES string of the molecule is COc1cccc(C2CCC(N)CC2)c1F. The minimum Gasteiger partial charge on any atom is -0.494 e. The van der Waals surface area contributed by atoms with Gasteiger partial charge in [0.2, 0.25) is 0 Å². The van der Waals surface area contributed by atoms with Crippen LogP contribution in [0.4, 0.5) is 4.39 Å². The molecule has 2 nitrogen and oxygen atoms in total. The van der Waals surface area contributed by atoms with Crippen molar-refractivity contribution >= 4 is 0 Å². The van der Waals surface area contributed by atoms with Crippen molar-refractivity contribution in [2.24, 2.45) is 5.73 Å². The number of ether oxygens (including phenoxy) is 1. The summed E-state index contributed by atoms with van der Waals surface area (Å²) < 4.78 is 19.0. The third-order valence-electron chi connectivity index (χ3n) is 3.42. The zero-order chi connectivity index (χ0) is 11.5. The molecule has 1 aromatic carbocycles. The smallest absolute Gasteiger partial charge is 0.168 e. The summed E-state index contributed by atoms with van der Waals surface area (Å²) in [5, 5.41) is 0. The van der Waals surface area contributed by atoms with Gasteiger partial charge in [-0.3, -0.25) is 0 Å². The van der Waals surface area contributed by atoms with E-state index in [1.165, 1.54) is 7.11 Å². The molecule has 1 fully saturated rings. The van der Waals surface area contributed by atoms with Crippen LogP contribution < -0.4 is 10.5 Å². The Labute approximate surface area is 95.6 Å². The van der Waals surface area contributed by atoms with Gasteiger partial charge in [0.25, 0.3) is 0 Å². The standard InChI is InChI=1S/C13H18FNO/c1-16-12-4-2-3-11(13(12)14)9-5-7-10(15)8-6-9/h2-4,9-10H,5-8,15H2,1H3. The molecular formula is C13H18FNO. The Morgan fingerprint density at radius 2 is 1.94 bits per heavy atom. The molecule has 1 saturated carbocycles. The third-order valence-corrected chi connectivity index (χ3v) is 3.42. The Hall–Kier alpha value is -1.09. The molecule has 0 unspecified atom stereocenters. The van der Waals surface area contributed by atoms with E-state index < -0.39 is 0 Å². The van der Waals surface area contributed by atoms with Crippen LogP contribution in [0.5, 0.6) is 5.75 Å². The highest BCUT2D eigenvalue weighted by molar-refractivity contribution is 5.33. The Morgan fingerprint density at radius 3 is 2.56 bits per heavy atom. The molecule has 88 valence electrons. The molecule has 0 aliphatic heterocycles. The monoisotopic (exact) mass is 223 g/mol. The van der Waals surface area contributed by atoms with Gasteiger partial charge < -0.3 is 10.5 Å². The second-order valence-corrected chi connectivity index (χ2v) is 4.48. The molecule has 0 amide bonds. The summed E-state index contributed by atoms with van der Waals surface area (Å²) in [4.78, 5) is 0. The molecule has 0 saturated heterocycles. The second-order valence-electron chi connectivity index (χ2n) is 4.48. The summed E-state index contributed by atoms with van der Waals surface area (Å²) in [6.45, 7) is 0. The largest absolute Gasteiger partial charge is 0.494 e. The molecular weight excluding hydrogens is 205 g/mol. The Kier molecular flexibility index (Phi) is 3.44. The lowest BCUT2D eigenvalue weighted by Crippen LogP contribution is -2.26. The van der Waals surface area contributed by atoms with E-state index in [9.17, 15) is 4.39 Å². The van der Waals surface area contributed by atoms with Crippen LogP contribution in [-0.4, -0.2) is 13.2 Å². The quantitative estimate of drug-likeness (QED) is 0.836. The minimum atomic E-state index is -0.203. The van der Waals surface area contributed by atoms with Crippen molar-refractivity contribution in [1.29, 1.82) is 0 Å². The molecule has 0 atom stereocenters. The molecule has 2 rings (SSSR count). The Bertz CT molecular complexity index is 359. The molecule has 1 aliphatic rings. The van der Waals surface area contributed by atoms with Crippen LogP contribution in [0.15, 0.2) is 18.2 Å². The van der Waals surface area contributed by atoms with Gasteiger partial charge in [-0.05, 0) is 43.2 Å². The molecule has 0 spiro atoms. The maximum absolute atomic E-state index is 14.0. The molecule has 0 bridgehead atoms. The number of methoxy groups -OCH3 is 1. The van der Waals surface area contributed by atoms with E-state index in [4.69, 9.17) is 10.5 Å². The Balaban J connectivity index is 2.20. The number of hydrogen-bond donors (Lipinski definition) is 1. The fourth-order valence-electron chi connectivity index (χ4n) is 2.43. The molecule has 0 aromatic heterocycles. The van der Waals surface area contributed by atoms with Gasteiger partial charge in [-0.1, -0.05) is 12.1 Å². The zero-order valence-electron chi connectivity index (χ0n) is 9.58. The topological polar surface area (TPSA) is 35.2 Å². The van der Waals surface area contributed by atoms with E-state index in [2.05, 4.69) is 0 Å². The molecule has 3 heteroatoms. The summed E-state index contributed by atoms with van der Waals surface area (Å²) in [5.41, 5.74) is 6.63. The molecule has 2 N–H and O–H groups in total. The number of benzene rings is 1. The normalized spacial score (nSPS) is 25.4. The molecule has 0 radical (unpaired) electrons. The second kappa shape index (κ2) is 4.83. The predicted octanol–water partition coefficient (Wildman–Crippen LogP) is 2.82. The van der Waals surface area contributed by atoms with Crippen LogP contribution >= 0.6 is 0 Å². The van der Waals surface area contributed by atoms with Crippen molar-refractivity contribution in [3.63, 3.8) is 0 Å².